The summed E-state index contributed by atoms with van der Waals surface area (Å²) in [6, 6.07) is 1.79. The molecule has 1 aliphatic heterocycles. The molecule has 2 atom stereocenters. The van der Waals surface area contributed by atoms with Crippen molar-refractivity contribution in [3.8, 4) is 0 Å². The molecule has 3 heterocycles. The summed E-state index contributed by atoms with van der Waals surface area (Å²) in [5, 5.41) is 4.63. The quantitative estimate of drug-likeness (QED) is 0.793. The number of ether oxygens (including phenoxy) is 1. The Morgan fingerprint density at radius 1 is 1.35 bits per heavy atom. The number of rotatable bonds is 1. The van der Waals surface area contributed by atoms with Gasteiger partial charge in [-0.2, -0.15) is 0 Å². The van der Waals surface area contributed by atoms with Gasteiger partial charge in [-0.15, -0.1) is 0 Å². The molecule has 0 aromatic carbocycles. The van der Waals surface area contributed by atoms with Crippen LogP contribution in [-0.2, 0) is 4.74 Å². The van der Waals surface area contributed by atoms with Crippen LogP contribution in [0.1, 0.15) is 29.9 Å². The number of fused-ring (bicyclic) bond motifs is 1. The zero-order valence-corrected chi connectivity index (χ0v) is 11.8. The van der Waals surface area contributed by atoms with Gasteiger partial charge in [0, 0.05) is 19.3 Å². The van der Waals surface area contributed by atoms with E-state index in [2.05, 4.69) is 10.1 Å². The van der Waals surface area contributed by atoms with Gasteiger partial charge in [0.1, 0.15) is 0 Å². The Morgan fingerprint density at radius 2 is 2.05 bits per heavy atom. The van der Waals surface area contributed by atoms with Crippen LogP contribution in [0.4, 0.5) is 0 Å². The normalized spacial score (nSPS) is 23.2. The number of nitrogens with zero attached hydrogens (tertiary/aromatic N) is 3. The molecular formula is C14H17N3O3. The fourth-order valence-electron chi connectivity index (χ4n) is 2.59. The molecule has 106 valence electrons. The lowest BCUT2D eigenvalue weighted by Gasteiger charge is -2.35. The molecule has 0 bridgehead atoms. The third-order valence-electron chi connectivity index (χ3n) is 3.46. The highest BCUT2D eigenvalue weighted by Gasteiger charge is 2.27. The maximum atomic E-state index is 12.5. The summed E-state index contributed by atoms with van der Waals surface area (Å²) >= 11 is 0. The smallest absolute Gasteiger partial charge is 0.257 e. The van der Waals surface area contributed by atoms with Crippen LogP contribution in [-0.4, -0.2) is 46.2 Å². The summed E-state index contributed by atoms with van der Waals surface area (Å²) in [6.45, 7) is 6.98. The molecule has 6 heteroatoms. The van der Waals surface area contributed by atoms with Gasteiger partial charge >= 0.3 is 0 Å². The van der Waals surface area contributed by atoms with Crippen LogP contribution in [0.15, 0.2) is 16.8 Å². The third-order valence-corrected chi connectivity index (χ3v) is 3.46. The van der Waals surface area contributed by atoms with E-state index in [1.807, 2.05) is 25.7 Å². The maximum Gasteiger partial charge on any atom is 0.257 e. The predicted molar refractivity (Wildman–Crippen MR) is 72.5 cm³/mol. The zero-order chi connectivity index (χ0) is 14.3. The number of hydrogen-bond acceptors (Lipinski definition) is 5. The minimum Gasteiger partial charge on any atom is -0.372 e. The average molecular weight is 275 g/mol. The average Bonchev–Trinajstić information content (AvgIpc) is 2.78. The predicted octanol–water partition coefficient (Wildman–Crippen LogP) is 1.78. The lowest BCUT2D eigenvalue weighted by Crippen LogP contribution is -2.48. The number of hydrogen-bond donors (Lipinski definition) is 0. The molecule has 1 amide bonds. The molecule has 3 rings (SSSR count). The largest absolute Gasteiger partial charge is 0.372 e. The van der Waals surface area contributed by atoms with Gasteiger partial charge < -0.3 is 14.2 Å². The summed E-state index contributed by atoms with van der Waals surface area (Å²) < 4.78 is 10.7. The Labute approximate surface area is 116 Å². The minimum absolute atomic E-state index is 0.0259. The van der Waals surface area contributed by atoms with Gasteiger partial charge in [-0.05, 0) is 26.8 Å². The highest BCUT2D eigenvalue weighted by Crippen LogP contribution is 2.19. The van der Waals surface area contributed by atoms with Gasteiger partial charge in [0.2, 0.25) is 0 Å². The van der Waals surface area contributed by atoms with Crippen molar-refractivity contribution in [1.82, 2.24) is 15.0 Å². The van der Waals surface area contributed by atoms with Gasteiger partial charge in [-0.25, -0.2) is 4.98 Å². The van der Waals surface area contributed by atoms with Crippen molar-refractivity contribution in [2.24, 2.45) is 0 Å². The first-order chi connectivity index (χ1) is 9.54. The van der Waals surface area contributed by atoms with Crippen LogP contribution >= 0.6 is 0 Å². The van der Waals surface area contributed by atoms with E-state index in [0.717, 1.165) is 11.1 Å². The summed E-state index contributed by atoms with van der Waals surface area (Å²) in [5.41, 5.74) is 1.76. The van der Waals surface area contributed by atoms with E-state index in [0.29, 0.717) is 24.4 Å². The number of amides is 1. The first-order valence-corrected chi connectivity index (χ1v) is 6.71. The number of aromatic nitrogens is 2. The molecular weight excluding hydrogens is 258 g/mol. The van der Waals surface area contributed by atoms with Crippen LogP contribution < -0.4 is 0 Å². The summed E-state index contributed by atoms with van der Waals surface area (Å²) in [4.78, 5) is 18.5. The Kier molecular flexibility index (Phi) is 3.17. The Balaban J connectivity index is 1.89. The fraction of sp³-hybridized carbons (Fsp3) is 0.500. The fourth-order valence-corrected chi connectivity index (χ4v) is 2.59. The Hall–Kier alpha value is -1.95. The minimum atomic E-state index is -0.0259. The molecule has 0 spiro atoms. The van der Waals surface area contributed by atoms with Crippen molar-refractivity contribution in [2.45, 2.75) is 33.0 Å². The van der Waals surface area contributed by atoms with E-state index in [-0.39, 0.29) is 18.1 Å². The summed E-state index contributed by atoms with van der Waals surface area (Å²) in [7, 11) is 0. The van der Waals surface area contributed by atoms with Crippen LogP contribution in [0.25, 0.3) is 11.1 Å². The molecule has 0 unspecified atom stereocenters. The highest BCUT2D eigenvalue weighted by molar-refractivity contribution is 5.97. The Bertz CT molecular complexity index is 642. The second-order valence-electron chi connectivity index (χ2n) is 5.31. The van der Waals surface area contributed by atoms with Gasteiger partial charge in [-0.1, -0.05) is 5.16 Å². The lowest BCUT2D eigenvalue weighted by atomic mass is 10.1. The van der Waals surface area contributed by atoms with Crippen molar-refractivity contribution in [1.29, 1.82) is 0 Å². The highest BCUT2D eigenvalue weighted by atomic mass is 16.5. The maximum absolute atomic E-state index is 12.5. The molecule has 0 aliphatic carbocycles. The molecule has 2 aromatic rings. The van der Waals surface area contributed by atoms with Gasteiger partial charge in [0.25, 0.3) is 11.6 Å². The molecule has 0 N–H and O–H groups in total. The number of pyridine rings is 1. The number of aryl methyl sites for hydroxylation is 1. The second-order valence-corrected chi connectivity index (χ2v) is 5.31. The second kappa shape index (κ2) is 4.86. The molecule has 0 saturated carbocycles. The van der Waals surface area contributed by atoms with E-state index in [1.54, 1.807) is 12.3 Å². The van der Waals surface area contributed by atoms with Gasteiger partial charge in [0.05, 0.1) is 28.9 Å². The van der Waals surface area contributed by atoms with Crippen molar-refractivity contribution in [3.05, 3.63) is 23.5 Å². The molecule has 0 radical (unpaired) electrons. The van der Waals surface area contributed by atoms with Crippen molar-refractivity contribution < 1.29 is 14.1 Å². The van der Waals surface area contributed by atoms with E-state index >= 15 is 0 Å². The van der Waals surface area contributed by atoms with Crippen LogP contribution in [0.5, 0.6) is 0 Å². The SMILES string of the molecule is Cc1noc2ncc(C(=O)N3C[C@@H](C)O[C@@H](C)C3)cc12. The molecule has 6 nitrogen and oxygen atoms in total. The van der Waals surface area contributed by atoms with Crippen molar-refractivity contribution in [2.75, 3.05) is 13.1 Å². The summed E-state index contributed by atoms with van der Waals surface area (Å²) in [5.74, 6) is -0.0259. The first kappa shape index (κ1) is 13.1. The van der Waals surface area contributed by atoms with E-state index < -0.39 is 0 Å². The monoisotopic (exact) mass is 275 g/mol. The molecule has 1 fully saturated rings. The van der Waals surface area contributed by atoms with E-state index in [1.165, 1.54) is 0 Å². The number of morpholine rings is 1. The number of carbonyl (C=O) groups excluding carboxylic acids is 1. The Morgan fingerprint density at radius 3 is 2.75 bits per heavy atom. The molecule has 2 aromatic heterocycles. The van der Waals surface area contributed by atoms with Crippen LogP contribution in [0, 0.1) is 6.92 Å². The van der Waals surface area contributed by atoms with Crippen LogP contribution in [0.3, 0.4) is 0 Å². The lowest BCUT2D eigenvalue weighted by molar-refractivity contribution is -0.0586. The zero-order valence-electron chi connectivity index (χ0n) is 11.8. The van der Waals surface area contributed by atoms with Gasteiger partial charge in [-0.3, -0.25) is 4.79 Å². The molecule has 1 saturated heterocycles. The van der Waals surface area contributed by atoms with Crippen molar-refractivity contribution in [3.63, 3.8) is 0 Å². The van der Waals surface area contributed by atoms with Crippen molar-refractivity contribution >= 4 is 17.0 Å². The number of carbonyl (C=O) groups is 1. The van der Waals surface area contributed by atoms with Gasteiger partial charge in [0.15, 0.2) is 0 Å². The molecule has 20 heavy (non-hydrogen) atoms. The van der Waals surface area contributed by atoms with E-state index in [9.17, 15) is 4.79 Å². The topological polar surface area (TPSA) is 68.5 Å². The molecule has 1 aliphatic rings. The van der Waals surface area contributed by atoms with Crippen LogP contribution in [0.2, 0.25) is 0 Å². The first-order valence-electron chi connectivity index (χ1n) is 6.71. The van der Waals surface area contributed by atoms with E-state index in [4.69, 9.17) is 9.26 Å². The third kappa shape index (κ3) is 2.27. The standard InChI is InChI=1S/C14H17N3O3/c1-8-6-17(7-9(2)19-8)14(18)11-4-12-10(3)16-20-13(12)15-5-11/h4-5,8-9H,6-7H2,1-3H3/t8-,9+. The summed E-state index contributed by atoms with van der Waals surface area (Å²) in [6.07, 6.45) is 1.65.